The predicted octanol–water partition coefficient (Wildman–Crippen LogP) is 0.872. The molecule has 0 saturated heterocycles. The first-order valence-electron chi connectivity index (χ1n) is 6.79. The number of nitrogens with zero attached hydrogens (tertiary/aromatic N) is 1. The first-order chi connectivity index (χ1) is 10.5. The van der Waals surface area contributed by atoms with Crippen LogP contribution >= 0.6 is 0 Å². The van der Waals surface area contributed by atoms with Crippen molar-refractivity contribution < 1.29 is 69.1 Å². The van der Waals surface area contributed by atoms with Crippen molar-refractivity contribution in [2.45, 2.75) is 6.61 Å². The summed E-state index contributed by atoms with van der Waals surface area (Å²) in [6, 6.07) is 14.5. The molecule has 0 amide bonds. The maximum atomic E-state index is 12.7. The predicted molar refractivity (Wildman–Crippen MR) is 81.2 cm³/mol. The number of halogens is 3. The van der Waals surface area contributed by atoms with Crippen LogP contribution in [0.25, 0.3) is 10.9 Å². The minimum Gasteiger partial charge on any atom is -0.489 e. The van der Waals surface area contributed by atoms with Gasteiger partial charge in [-0.1, -0.05) is 30.3 Å². The maximum Gasteiger partial charge on any atom is 1.00 e. The quantitative estimate of drug-likeness (QED) is 0.657. The molecule has 23 heavy (non-hydrogen) atoms. The van der Waals surface area contributed by atoms with Crippen LogP contribution in [-0.2, 0) is 6.61 Å². The summed E-state index contributed by atoms with van der Waals surface area (Å²) in [6.07, 6.45) is 1.67. The topological polar surface area (TPSA) is 22.1 Å². The van der Waals surface area contributed by atoms with E-state index in [4.69, 9.17) is 4.74 Å². The third-order valence-electron chi connectivity index (χ3n) is 3.29. The van der Waals surface area contributed by atoms with Gasteiger partial charge in [-0.2, -0.15) is 0 Å². The number of benzene rings is 2. The SMILES string of the molecule is F[B-](F)(F)c1cccc(OCc2cnc3ccccc3c2)c1.[K+]. The molecule has 0 aliphatic heterocycles. The van der Waals surface area contributed by atoms with Gasteiger partial charge in [0.25, 0.3) is 0 Å². The van der Waals surface area contributed by atoms with Crippen molar-refractivity contribution in [1.29, 1.82) is 0 Å². The summed E-state index contributed by atoms with van der Waals surface area (Å²) < 4.78 is 43.6. The Morgan fingerprint density at radius 1 is 0.957 bits per heavy atom. The average molecular weight is 341 g/mol. The molecule has 0 aliphatic carbocycles. The van der Waals surface area contributed by atoms with Gasteiger partial charge in [-0.25, -0.2) is 0 Å². The van der Waals surface area contributed by atoms with Crippen molar-refractivity contribution in [1.82, 2.24) is 4.98 Å². The van der Waals surface area contributed by atoms with Gasteiger partial charge in [0.2, 0.25) is 0 Å². The van der Waals surface area contributed by atoms with E-state index in [1.54, 1.807) is 6.20 Å². The van der Waals surface area contributed by atoms with E-state index in [0.717, 1.165) is 28.6 Å². The fourth-order valence-electron chi connectivity index (χ4n) is 2.17. The number of para-hydroxylation sites is 1. The standard InChI is InChI=1S/C16H12BF3NO.K/c18-17(19,20)14-5-3-6-15(9-14)22-11-12-8-13-4-1-2-7-16(13)21-10-12;/h1-10H,11H2;/q-1;+1. The minimum atomic E-state index is -5.01. The first-order valence-corrected chi connectivity index (χ1v) is 6.79. The maximum absolute atomic E-state index is 12.7. The van der Waals surface area contributed by atoms with Gasteiger partial charge in [0.1, 0.15) is 12.4 Å². The molecule has 0 saturated carbocycles. The zero-order valence-corrected chi connectivity index (χ0v) is 15.7. The Balaban J connectivity index is 0.00000192. The number of ether oxygens (including phenoxy) is 1. The van der Waals surface area contributed by atoms with Gasteiger partial charge in [-0.3, -0.25) is 4.98 Å². The summed E-state index contributed by atoms with van der Waals surface area (Å²) in [4.78, 5) is 4.29. The zero-order valence-electron chi connectivity index (χ0n) is 12.5. The van der Waals surface area contributed by atoms with Crippen LogP contribution in [0.2, 0.25) is 0 Å². The van der Waals surface area contributed by atoms with Gasteiger partial charge in [0.15, 0.2) is 0 Å². The summed E-state index contributed by atoms with van der Waals surface area (Å²) in [5, 5.41) is 0.968. The Hall–Kier alpha value is -0.859. The van der Waals surface area contributed by atoms with Crippen molar-refractivity contribution in [3.05, 3.63) is 66.4 Å². The summed E-state index contributed by atoms with van der Waals surface area (Å²) in [5.74, 6) is 0.199. The fourth-order valence-corrected chi connectivity index (χ4v) is 2.17. The Kier molecular flexibility index (Phi) is 6.27. The second-order valence-electron chi connectivity index (χ2n) is 4.97. The molecule has 0 fully saturated rings. The molecule has 0 atom stereocenters. The van der Waals surface area contributed by atoms with Crippen molar-refractivity contribution in [3.8, 4) is 5.75 Å². The molecule has 3 rings (SSSR count). The molecule has 0 unspecified atom stereocenters. The molecular weight excluding hydrogens is 329 g/mol. The Bertz CT molecular complexity index is 810. The minimum absolute atomic E-state index is 0. The molecule has 0 aliphatic rings. The molecule has 3 aromatic rings. The summed E-state index contributed by atoms with van der Waals surface area (Å²) in [5.41, 5.74) is 1.02. The third-order valence-corrected chi connectivity index (χ3v) is 3.29. The molecular formula is C16H12BF3KNO. The van der Waals surface area contributed by atoms with Crippen LogP contribution in [0.15, 0.2) is 60.8 Å². The number of hydrogen-bond donors (Lipinski definition) is 0. The number of aromatic nitrogens is 1. The molecule has 0 bridgehead atoms. The molecule has 0 spiro atoms. The number of rotatable bonds is 4. The van der Waals surface area contributed by atoms with Gasteiger partial charge < -0.3 is 17.7 Å². The molecule has 0 N–H and O–H groups in total. The summed E-state index contributed by atoms with van der Waals surface area (Å²) >= 11 is 0. The molecule has 1 heterocycles. The summed E-state index contributed by atoms with van der Waals surface area (Å²) in [7, 11) is 0. The normalized spacial score (nSPS) is 11.1. The second-order valence-corrected chi connectivity index (χ2v) is 4.97. The van der Waals surface area contributed by atoms with E-state index < -0.39 is 12.4 Å². The van der Waals surface area contributed by atoms with Crippen LogP contribution in [0.5, 0.6) is 5.75 Å². The van der Waals surface area contributed by atoms with Crippen LogP contribution in [0, 0.1) is 0 Å². The van der Waals surface area contributed by atoms with E-state index in [2.05, 4.69) is 4.98 Å². The smallest absolute Gasteiger partial charge is 0.489 e. The van der Waals surface area contributed by atoms with Crippen LogP contribution < -0.4 is 61.6 Å². The Morgan fingerprint density at radius 3 is 2.52 bits per heavy atom. The zero-order chi connectivity index (χ0) is 15.6. The molecule has 2 nitrogen and oxygen atoms in total. The van der Waals surface area contributed by atoms with Gasteiger partial charge in [-0.15, -0.1) is 5.46 Å². The van der Waals surface area contributed by atoms with Crippen LogP contribution in [0.4, 0.5) is 12.9 Å². The van der Waals surface area contributed by atoms with Crippen molar-refractivity contribution in [2.75, 3.05) is 0 Å². The average Bonchev–Trinajstić information content (AvgIpc) is 2.52. The molecule has 0 radical (unpaired) electrons. The molecule has 2 aromatic carbocycles. The fraction of sp³-hybridized carbons (Fsp3) is 0.0625. The van der Waals surface area contributed by atoms with Crippen LogP contribution in [-0.4, -0.2) is 12.0 Å². The van der Waals surface area contributed by atoms with E-state index in [0.29, 0.717) is 0 Å². The van der Waals surface area contributed by atoms with Crippen molar-refractivity contribution in [3.63, 3.8) is 0 Å². The van der Waals surface area contributed by atoms with Crippen molar-refractivity contribution >= 4 is 23.3 Å². The van der Waals surface area contributed by atoms with E-state index in [9.17, 15) is 12.9 Å². The molecule has 7 heteroatoms. The van der Waals surface area contributed by atoms with Crippen LogP contribution in [0.3, 0.4) is 0 Å². The van der Waals surface area contributed by atoms with Gasteiger partial charge in [-0.05, 0) is 24.3 Å². The molecule has 112 valence electrons. The monoisotopic (exact) mass is 341 g/mol. The Labute approximate surface area is 174 Å². The van der Waals surface area contributed by atoms with Gasteiger partial charge >= 0.3 is 58.4 Å². The summed E-state index contributed by atoms with van der Waals surface area (Å²) in [6.45, 7) is -4.84. The number of fused-ring (bicyclic) bond motifs is 1. The van der Waals surface area contributed by atoms with E-state index in [1.165, 1.54) is 12.1 Å². The van der Waals surface area contributed by atoms with Crippen LogP contribution in [0.1, 0.15) is 5.56 Å². The van der Waals surface area contributed by atoms with E-state index in [1.807, 2.05) is 30.3 Å². The first kappa shape index (κ1) is 18.5. The number of hydrogen-bond acceptors (Lipinski definition) is 2. The van der Waals surface area contributed by atoms with E-state index >= 15 is 0 Å². The number of pyridine rings is 1. The molecule has 1 aromatic heterocycles. The van der Waals surface area contributed by atoms with E-state index in [-0.39, 0.29) is 63.7 Å². The largest absolute Gasteiger partial charge is 1.00 e. The second kappa shape index (κ2) is 7.81. The Morgan fingerprint density at radius 2 is 1.74 bits per heavy atom. The van der Waals surface area contributed by atoms with Gasteiger partial charge in [0, 0.05) is 17.1 Å². The van der Waals surface area contributed by atoms with Crippen molar-refractivity contribution in [2.24, 2.45) is 0 Å². The van der Waals surface area contributed by atoms with Gasteiger partial charge in [0.05, 0.1) is 5.52 Å². The third kappa shape index (κ3) is 4.81.